The summed E-state index contributed by atoms with van der Waals surface area (Å²) in [7, 11) is 0. The molecule has 1 aliphatic rings. The van der Waals surface area contributed by atoms with Crippen LogP contribution in [0.1, 0.15) is 63.7 Å². The molecule has 0 radical (unpaired) electrons. The molecular formula is C19H27NO. The summed E-state index contributed by atoms with van der Waals surface area (Å²) in [4.78, 5) is 0. The molecular weight excluding hydrogens is 258 g/mol. The maximum absolute atomic E-state index is 10.8. The van der Waals surface area contributed by atoms with E-state index in [0.29, 0.717) is 5.92 Å². The molecule has 2 heteroatoms. The predicted molar refractivity (Wildman–Crippen MR) is 85.6 cm³/mol. The van der Waals surface area contributed by atoms with Crippen LogP contribution in [-0.2, 0) is 0 Å². The highest BCUT2D eigenvalue weighted by Gasteiger charge is 2.44. The van der Waals surface area contributed by atoms with Gasteiger partial charge in [0.2, 0.25) is 0 Å². The molecule has 1 unspecified atom stereocenters. The molecule has 0 heterocycles. The van der Waals surface area contributed by atoms with E-state index in [1.807, 2.05) is 31.2 Å². The molecule has 1 fully saturated rings. The number of nitriles is 1. The summed E-state index contributed by atoms with van der Waals surface area (Å²) in [5.41, 5.74) is 1.65. The van der Waals surface area contributed by atoms with Gasteiger partial charge in [-0.05, 0) is 55.1 Å². The fourth-order valence-corrected chi connectivity index (χ4v) is 3.64. The Morgan fingerprint density at radius 3 is 2.29 bits per heavy atom. The van der Waals surface area contributed by atoms with Crippen LogP contribution in [0.15, 0.2) is 24.3 Å². The minimum absolute atomic E-state index is 0.287. The number of benzene rings is 1. The van der Waals surface area contributed by atoms with Gasteiger partial charge in [-0.3, -0.25) is 0 Å². The van der Waals surface area contributed by atoms with E-state index in [1.165, 1.54) is 0 Å². The minimum atomic E-state index is -0.676. The van der Waals surface area contributed by atoms with Crippen molar-refractivity contribution in [2.75, 3.05) is 0 Å². The SMILES string of the molecule is Cc1ccccc1C(O)C1(C#N)CCC(C(C)(C)C)CC1. The molecule has 0 spiro atoms. The Kier molecular flexibility index (Phi) is 4.44. The molecule has 2 nitrogen and oxygen atoms in total. The molecule has 0 saturated heterocycles. The Bertz CT molecular complexity index is 527. The first-order valence-corrected chi connectivity index (χ1v) is 7.95. The average molecular weight is 285 g/mol. The normalized spacial score (nSPS) is 27.9. The van der Waals surface area contributed by atoms with Crippen molar-refractivity contribution >= 4 is 0 Å². The molecule has 2 rings (SSSR count). The zero-order chi connectivity index (χ0) is 15.7. The maximum atomic E-state index is 10.8. The van der Waals surface area contributed by atoms with E-state index in [-0.39, 0.29) is 5.41 Å². The molecule has 0 aliphatic heterocycles. The summed E-state index contributed by atoms with van der Waals surface area (Å²) in [6.07, 6.45) is 2.96. The Morgan fingerprint density at radius 2 is 1.81 bits per heavy atom. The summed E-state index contributed by atoms with van der Waals surface area (Å²) in [6.45, 7) is 8.82. The Hall–Kier alpha value is -1.33. The third-order valence-corrected chi connectivity index (χ3v) is 5.33. The van der Waals surface area contributed by atoms with Crippen molar-refractivity contribution in [3.05, 3.63) is 35.4 Å². The van der Waals surface area contributed by atoms with E-state index in [0.717, 1.165) is 36.8 Å². The van der Waals surface area contributed by atoms with E-state index < -0.39 is 11.5 Å². The van der Waals surface area contributed by atoms with Gasteiger partial charge in [0, 0.05) is 0 Å². The number of hydrogen-bond acceptors (Lipinski definition) is 2. The first kappa shape index (κ1) is 16.0. The second-order valence-corrected chi connectivity index (χ2v) is 7.67. The first-order valence-electron chi connectivity index (χ1n) is 7.95. The number of hydrogen-bond donors (Lipinski definition) is 1. The van der Waals surface area contributed by atoms with Crippen LogP contribution in [0.5, 0.6) is 0 Å². The van der Waals surface area contributed by atoms with Crippen molar-refractivity contribution in [1.82, 2.24) is 0 Å². The second kappa shape index (κ2) is 5.81. The molecule has 114 valence electrons. The zero-order valence-electron chi connectivity index (χ0n) is 13.7. The van der Waals surface area contributed by atoms with E-state index in [4.69, 9.17) is 0 Å². The number of aryl methyl sites for hydroxylation is 1. The molecule has 0 amide bonds. The lowest BCUT2D eigenvalue weighted by atomic mass is 9.62. The van der Waals surface area contributed by atoms with Crippen molar-refractivity contribution in [1.29, 1.82) is 5.26 Å². The Labute approximate surface area is 128 Å². The van der Waals surface area contributed by atoms with E-state index in [9.17, 15) is 10.4 Å². The molecule has 1 aromatic rings. The van der Waals surface area contributed by atoms with Gasteiger partial charge in [-0.25, -0.2) is 0 Å². The van der Waals surface area contributed by atoms with Crippen LogP contribution in [0, 0.1) is 35.0 Å². The van der Waals surface area contributed by atoms with Crippen LogP contribution in [0.25, 0.3) is 0 Å². The number of nitrogens with zero attached hydrogens (tertiary/aromatic N) is 1. The third kappa shape index (κ3) is 3.14. The van der Waals surface area contributed by atoms with Crippen LogP contribution < -0.4 is 0 Å². The monoisotopic (exact) mass is 285 g/mol. The fourth-order valence-electron chi connectivity index (χ4n) is 3.64. The van der Waals surface area contributed by atoms with Crippen LogP contribution >= 0.6 is 0 Å². The zero-order valence-corrected chi connectivity index (χ0v) is 13.7. The van der Waals surface area contributed by atoms with Gasteiger partial charge >= 0.3 is 0 Å². The van der Waals surface area contributed by atoms with Gasteiger partial charge in [0.15, 0.2) is 0 Å². The molecule has 0 aromatic heterocycles. The standard InChI is InChI=1S/C19H27NO/c1-14-7-5-6-8-16(14)17(21)19(13-20)11-9-15(10-12-19)18(2,3)4/h5-8,15,17,21H,9-12H2,1-4H3. The van der Waals surface area contributed by atoms with E-state index in [1.54, 1.807) is 0 Å². The van der Waals surface area contributed by atoms with Crippen molar-refractivity contribution in [2.45, 2.75) is 59.5 Å². The second-order valence-electron chi connectivity index (χ2n) is 7.67. The number of aliphatic hydroxyl groups excluding tert-OH is 1. The molecule has 0 bridgehead atoms. The van der Waals surface area contributed by atoms with Gasteiger partial charge in [-0.1, -0.05) is 45.0 Å². The largest absolute Gasteiger partial charge is 0.387 e. The topological polar surface area (TPSA) is 44.0 Å². The van der Waals surface area contributed by atoms with Crippen LogP contribution in [0.4, 0.5) is 0 Å². The first-order chi connectivity index (χ1) is 9.80. The molecule has 1 N–H and O–H groups in total. The van der Waals surface area contributed by atoms with Crippen LogP contribution in [0.2, 0.25) is 0 Å². The highest BCUT2D eigenvalue weighted by atomic mass is 16.3. The highest BCUT2D eigenvalue weighted by molar-refractivity contribution is 5.31. The summed E-state index contributed by atoms with van der Waals surface area (Å²) >= 11 is 0. The van der Waals surface area contributed by atoms with Gasteiger partial charge in [0.05, 0.1) is 17.6 Å². The molecule has 1 atom stereocenters. The smallest absolute Gasteiger partial charge is 0.0978 e. The van der Waals surface area contributed by atoms with Gasteiger partial charge in [0.1, 0.15) is 0 Å². The van der Waals surface area contributed by atoms with Crippen LogP contribution in [0.3, 0.4) is 0 Å². The lowest BCUT2D eigenvalue weighted by Crippen LogP contribution is -2.36. The minimum Gasteiger partial charge on any atom is -0.387 e. The molecule has 21 heavy (non-hydrogen) atoms. The van der Waals surface area contributed by atoms with Crippen LogP contribution in [-0.4, -0.2) is 5.11 Å². The molecule has 1 aliphatic carbocycles. The third-order valence-electron chi connectivity index (χ3n) is 5.33. The summed E-state index contributed by atoms with van der Waals surface area (Å²) in [6, 6.07) is 10.3. The fraction of sp³-hybridized carbons (Fsp3) is 0.632. The lowest BCUT2D eigenvalue weighted by molar-refractivity contribution is 0.00807. The van der Waals surface area contributed by atoms with E-state index in [2.05, 4.69) is 26.8 Å². The van der Waals surface area contributed by atoms with Gasteiger partial charge < -0.3 is 5.11 Å². The Morgan fingerprint density at radius 1 is 1.24 bits per heavy atom. The van der Waals surface area contributed by atoms with Gasteiger partial charge in [0.25, 0.3) is 0 Å². The van der Waals surface area contributed by atoms with Crippen molar-refractivity contribution in [3.63, 3.8) is 0 Å². The highest BCUT2D eigenvalue weighted by Crippen LogP contribution is 2.51. The maximum Gasteiger partial charge on any atom is 0.0978 e. The van der Waals surface area contributed by atoms with Gasteiger partial charge in [-0.15, -0.1) is 0 Å². The lowest BCUT2D eigenvalue weighted by Gasteiger charge is -2.43. The number of aliphatic hydroxyl groups is 1. The summed E-state index contributed by atoms with van der Waals surface area (Å²) < 4.78 is 0. The summed E-state index contributed by atoms with van der Waals surface area (Å²) in [5, 5.41) is 20.6. The number of rotatable bonds is 2. The van der Waals surface area contributed by atoms with Crippen molar-refractivity contribution < 1.29 is 5.11 Å². The molecule has 1 saturated carbocycles. The van der Waals surface area contributed by atoms with Crippen molar-refractivity contribution in [3.8, 4) is 6.07 Å². The Balaban J connectivity index is 2.21. The summed E-state index contributed by atoms with van der Waals surface area (Å²) in [5.74, 6) is 0.642. The average Bonchev–Trinajstić information content (AvgIpc) is 2.46. The molecule has 1 aromatic carbocycles. The predicted octanol–water partition coefficient (Wildman–Crippen LogP) is 4.77. The van der Waals surface area contributed by atoms with Gasteiger partial charge in [-0.2, -0.15) is 5.26 Å². The van der Waals surface area contributed by atoms with E-state index >= 15 is 0 Å². The quantitative estimate of drug-likeness (QED) is 0.850. The van der Waals surface area contributed by atoms with Crippen molar-refractivity contribution in [2.24, 2.45) is 16.7 Å².